The molecule has 0 radical (unpaired) electrons. The van der Waals surface area contributed by atoms with Crippen LogP contribution in [0.3, 0.4) is 0 Å². The molecule has 0 aliphatic carbocycles. The van der Waals surface area contributed by atoms with Gasteiger partial charge in [0.1, 0.15) is 6.61 Å². The minimum Gasteiger partial charge on any atom is -0.444 e. The molecule has 0 aromatic rings. The number of ether oxygens (including phenoxy) is 1. The molecule has 0 saturated heterocycles. The molecule has 1 amide bonds. The summed E-state index contributed by atoms with van der Waals surface area (Å²) >= 11 is 0. The number of amides is 1. The summed E-state index contributed by atoms with van der Waals surface area (Å²) in [6.07, 6.45) is 0.528. The molecule has 0 fully saturated rings. The Balaban J connectivity index is 3.11. The summed E-state index contributed by atoms with van der Waals surface area (Å²) in [6.45, 7) is 3.38. The Labute approximate surface area is 46.7 Å². The highest BCUT2D eigenvalue weighted by atomic mass is 16.6. The van der Waals surface area contributed by atoms with Crippen LogP contribution in [0.15, 0.2) is 12.7 Å². The summed E-state index contributed by atoms with van der Waals surface area (Å²) in [5, 5.41) is 7.80. The van der Waals surface area contributed by atoms with Gasteiger partial charge in [0.25, 0.3) is 0 Å². The first-order chi connectivity index (χ1) is 3.81. The fraction of sp³-hybridized carbons (Fsp3) is 0.250. The Morgan fingerprint density at radius 3 is 3.00 bits per heavy atom. The molecule has 0 aliphatic rings. The Morgan fingerprint density at radius 2 is 2.62 bits per heavy atom. The monoisotopic (exact) mass is 117 g/mol. The molecule has 2 N–H and O–H groups in total. The van der Waals surface area contributed by atoms with Crippen molar-refractivity contribution in [3.05, 3.63) is 12.7 Å². The number of hydrogen-bond donors (Lipinski definition) is 2. The average Bonchev–Trinajstić information content (AvgIpc) is 1.83. The largest absolute Gasteiger partial charge is 0.444 e. The lowest BCUT2D eigenvalue weighted by molar-refractivity contribution is 0.0970. The minimum absolute atomic E-state index is 0.104. The van der Waals surface area contributed by atoms with Crippen LogP contribution < -0.4 is 5.48 Å². The topological polar surface area (TPSA) is 58.6 Å². The predicted octanol–water partition coefficient (Wildman–Crippen LogP) is 0.288. The highest BCUT2D eigenvalue weighted by molar-refractivity contribution is 5.65. The maximum Gasteiger partial charge on any atom is 0.431 e. The molecule has 46 valence electrons. The zero-order valence-electron chi connectivity index (χ0n) is 4.26. The fourth-order valence-corrected chi connectivity index (χ4v) is 0.167. The second kappa shape index (κ2) is 4.14. The van der Waals surface area contributed by atoms with Crippen LogP contribution in [0.4, 0.5) is 4.79 Å². The van der Waals surface area contributed by atoms with Gasteiger partial charge in [0, 0.05) is 0 Å². The van der Waals surface area contributed by atoms with E-state index in [1.807, 2.05) is 0 Å². The first-order valence-corrected chi connectivity index (χ1v) is 1.99. The second-order valence-corrected chi connectivity index (χ2v) is 0.999. The van der Waals surface area contributed by atoms with Crippen molar-refractivity contribution in [2.24, 2.45) is 0 Å². The molecule has 0 spiro atoms. The lowest BCUT2D eigenvalue weighted by atomic mass is 10.7. The van der Waals surface area contributed by atoms with Gasteiger partial charge in [-0.25, -0.2) is 10.3 Å². The van der Waals surface area contributed by atoms with Crippen molar-refractivity contribution in [1.29, 1.82) is 0 Å². The third kappa shape index (κ3) is 3.17. The van der Waals surface area contributed by atoms with Gasteiger partial charge < -0.3 is 4.74 Å². The number of carbonyl (C=O) groups is 1. The van der Waals surface area contributed by atoms with Crippen LogP contribution in [-0.4, -0.2) is 17.9 Å². The van der Waals surface area contributed by atoms with Crippen molar-refractivity contribution in [2.75, 3.05) is 6.61 Å². The van der Waals surface area contributed by atoms with E-state index >= 15 is 0 Å². The van der Waals surface area contributed by atoms with E-state index in [9.17, 15) is 4.79 Å². The van der Waals surface area contributed by atoms with Crippen LogP contribution in [0, 0.1) is 0 Å². The molecule has 0 saturated carbocycles. The first kappa shape index (κ1) is 6.97. The maximum atomic E-state index is 9.94. The number of carbonyl (C=O) groups excluding carboxylic acids is 1. The molecule has 8 heavy (non-hydrogen) atoms. The van der Waals surface area contributed by atoms with Gasteiger partial charge >= 0.3 is 6.09 Å². The van der Waals surface area contributed by atoms with E-state index in [0.29, 0.717) is 0 Å². The summed E-state index contributed by atoms with van der Waals surface area (Å²) in [5.74, 6) is 0. The molecule has 0 unspecified atom stereocenters. The quantitative estimate of drug-likeness (QED) is 0.310. The van der Waals surface area contributed by atoms with Gasteiger partial charge in [-0.3, -0.25) is 5.21 Å². The van der Waals surface area contributed by atoms with E-state index in [-0.39, 0.29) is 6.61 Å². The third-order valence-electron chi connectivity index (χ3n) is 0.424. The average molecular weight is 117 g/mol. The smallest absolute Gasteiger partial charge is 0.431 e. The zero-order valence-corrected chi connectivity index (χ0v) is 4.26. The van der Waals surface area contributed by atoms with Gasteiger partial charge in [0.05, 0.1) is 0 Å². The summed E-state index contributed by atoms with van der Waals surface area (Å²) < 4.78 is 4.22. The van der Waals surface area contributed by atoms with E-state index in [1.165, 1.54) is 11.6 Å². The fourth-order valence-electron chi connectivity index (χ4n) is 0.167. The Kier molecular flexibility index (Phi) is 3.60. The second-order valence-electron chi connectivity index (χ2n) is 0.999. The molecular weight excluding hydrogens is 110 g/mol. The van der Waals surface area contributed by atoms with Gasteiger partial charge in [0.15, 0.2) is 0 Å². The highest BCUT2D eigenvalue weighted by Gasteiger charge is 1.92. The van der Waals surface area contributed by atoms with Crippen molar-refractivity contribution < 1.29 is 14.7 Å². The SMILES string of the molecule is C=CCOC(=O)NO. The van der Waals surface area contributed by atoms with Gasteiger partial charge in [-0.2, -0.15) is 0 Å². The molecular formula is C4H7NO3. The van der Waals surface area contributed by atoms with Gasteiger partial charge in [-0.1, -0.05) is 12.7 Å². The molecule has 0 rings (SSSR count). The zero-order chi connectivity index (χ0) is 6.41. The van der Waals surface area contributed by atoms with Crippen LogP contribution >= 0.6 is 0 Å². The molecule has 0 aliphatic heterocycles. The summed E-state index contributed by atoms with van der Waals surface area (Å²) in [5.41, 5.74) is 1.29. The van der Waals surface area contributed by atoms with Crippen molar-refractivity contribution in [3.8, 4) is 0 Å². The van der Waals surface area contributed by atoms with E-state index in [0.717, 1.165) is 0 Å². The molecule has 0 aromatic carbocycles. The van der Waals surface area contributed by atoms with Crippen LogP contribution in [0.5, 0.6) is 0 Å². The standard InChI is InChI=1S/C4H7NO3/c1-2-3-8-4(6)5-7/h2,7H,1,3H2,(H,5,6). The van der Waals surface area contributed by atoms with E-state index in [1.54, 1.807) is 0 Å². The van der Waals surface area contributed by atoms with Crippen LogP contribution in [0.25, 0.3) is 0 Å². The summed E-state index contributed by atoms with van der Waals surface area (Å²) in [7, 11) is 0. The van der Waals surface area contributed by atoms with Gasteiger partial charge in [0.2, 0.25) is 0 Å². The maximum absolute atomic E-state index is 9.94. The molecule has 0 atom stereocenters. The number of hydrogen-bond acceptors (Lipinski definition) is 3. The highest BCUT2D eigenvalue weighted by Crippen LogP contribution is 1.73. The van der Waals surface area contributed by atoms with Gasteiger partial charge in [-0.05, 0) is 0 Å². The summed E-state index contributed by atoms with van der Waals surface area (Å²) in [4.78, 5) is 9.94. The van der Waals surface area contributed by atoms with Crippen LogP contribution in [0.1, 0.15) is 0 Å². The van der Waals surface area contributed by atoms with Crippen molar-refractivity contribution in [3.63, 3.8) is 0 Å². The van der Waals surface area contributed by atoms with E-state index in [4.69, 9.17) is 5.21 Å². The number of nitrogens with one attached hydrogen (secondary N) is 1. The molecule has 4 heteroatoms. The minimum atomic E-state index is -0.870. The third-order valence-corrected chi connectivity index (χ3v) is 0.424. The first-order valence-electron chi connectivity index (χ1n) is 1.99. The van der Waals surface area contributed by atoms with Crippen molar-refractivity contribution >= 4 is 6.09 Å². The van der Waals surface area contributed by atoms with E-state index < -0.39 is 6.09 Å². The van der Waals surface area contributed by atoms with Gasteiger partial charge in [-0.15, -0.1) is 0 Å². The van der Waals surface area contributed by atoms with Crippen molar-refractivity contribution in [2.45, 2.75) is 0 Å². The Bertz CT molecular complexity index is 91.3. The number of rotatable bonds is 2. The number of hydroxylamine groups is 1. The Morgan fingerprint density at radius 1 is 2.00 bits per heavy atom. The molecule has 0 bridgehead atoms. The Hall–Kier alpha value is -1.03. The van der Waals surface area contributed by atoms with Crippen LogP contribution in [-0.2, 0) is 4.74 Å². The van der Waals surface area contributed by atoms with Crippen molar-refractivity contribution in [1.82, 2.24) is 5.48 Å². The van der Waals surface area contributed by atoms with Crippen LogP contribution in [0.2, 0.25) is 0 Å². The lowest BCUT2D eigenvalue weighted by Crippen LogP contribution is -2.19. The lowest BCUT2D eigenvalue weighted by Gasteiger charge is -1.95. The molecule has 0 aromatic heterocycles. The van der Waals surface area contributed by atoms with E-state index in [2.05, 4.69) is 11.3 Å². The molecule has 4 nitrogen and oxygen atoms in total. The predicted molar refractivity (Wildman–Crippen MR) is 26.5 cm³/mol. The molecule has 0 heterocycles. The summed E-state index contributed by atoms with van der Waals surface area (Å²) in [6, 6.07) is 0. The normalized spacial score (nSPS) is 7.62.